The lowest BCUT2D eigenvalue weighted by Gasteiger charge is -2.19. The van der Waals surface area contributed by atoms with Gasteiger partial charge in [-0.15, -0.1) is 0 Å². The number of aromatic nitrogens is 2. The SMILES string of the molecule is NC1(c2cc(C3CCSCC3)[nH]n2)CC1. The van der Waals surface area contributed by atoms with Crippen molar-refractivity contribution in [1.29, 1.82) is 0 Å². The quantitative estimate of drug-likeness (QED) is 0.806. The molecule has 3 rings (SSSR count). The van der Waals surface area contributed by atoms with Gasteiger partial charge >= 0.3 is 0 Å². The van der Waals surface area contributed by atoms with Crippen LogP contribution in [0.15, 0.2) is 6.07 Å². The van der Waals surface area contributed by atoms with Gasteiger partial charge in [-0.05, 0) is 43.3 Å². The van der Waals surface area contributed by atoms with E-state index in [1.807, 2.05) is 0 Å². The maximum absolute atomic E-state index is 6.12. The Bertz CT molecular complexity index is 350. The Balaban J connectivity index is 1.77. The second-order valence-electron chi connectivity index (χ2n) is 4.75. The number of rotatable bonds is 2. The minimum Gasteiger partial charge on any atom is -0.320 e. The van der Waals surface area contributed by atoms with E-state index in [4.69, 9.17) is 5.73 Å². The first-order valence-corrected chi connectivity index (χ1v) is 6.86. The standard InChI is InChI=1S/C11H17N3S/c12-11(3-4-11)10-7-9(13-14-10)8-1-5-15-6-2-8/h7-8H,1-6,12H2,(H,13,14). The van der Waals surface area contributed by atoms with Gasteiger partial charge in [-0.25, -0.2) is 0 Å². The Labute approximate surface area is 94.2 Å². The molecule has 0 unspecified atom stereocenters. The van der Waals surface area contributed by atoms with E-state index in [2.05, 4.69) is 28.0 Å². The molecule has 1 aliphatic carbocycles. The third-order valence-electron chi connectivity index (χ3n) is 3.56. The topological polar surface area (TPSA) is 54.7 Å². The van der Waals surface area contributed by atoms with Crippen LogP contribution in [-0.2, 0) is 5.54 Å². The van der Waals surface area contributed by atoms with E-state index < -0.39 is 0 Å². The lowest BCUT2D eigenvalue weighted by molar-refractivity contribution is 0.616. The molecule has 2 fully saturated rings. The van der Waals surface area contributed by atoms with Crippen LogP contribution >= 0.6 is 11.8 Å². The Morgan fingerprint density at radius 3 is 2.80 bits per heavy atom. The summed E-state index contributed by atoms with van der Waals surface area (Å²) in [6, 6.07) is 2.20. The van der Waals surface area contributed by atoms with E-state index in [1.54, 1.807) is 0 Å². The fraction of sp³-hybridized carbons (Fsp3) is 0.727. The first-order valence-electron chi connectivity index (χ1n) is 5.70. The smallest absolute Gasteiger partial charge is 0.0823 e. The largest absolute Gasteiger partial charge is 0.320 e. The molecule has 15 heavy (non-hydrogen) atoms. The lowest BCUT2D eigenvalue weighted by atomic mass is 9.98. The maximum atomic E-state index is 6.12. The van der Waals surface area contributed by atoms with Crippen LogP contribution in [0, 0.1) is 0 Å². The number of H-pyrrole nitrogens is 1. The molecule has 0 bridgehead atoms. The first-order chi connectivity index (χ1) is 7.28. The summed E-state index contributed by atoms with van der Waals surface area (Å²) >= 11 is 2.06. The summed E-state index contributed by atoms with van der Waals surface area (Å²) in [4.78, 5) is 0. The molecular formula is C11H17N3S. The summed E-state index contributed by atoms with van der Waals surface area (Å²) in [6.07, 6.45) is 4.75. The van der Waals surface area contributed by atoms with Gasteiger partial charge < -0.3 is 5.73 Å². The van der Waals surface area contributed by atoms with Crippen LogP contribution in [0.1, 0.15) is 43.0 Å². The molecule has 1 aromatic heterocycles. The predicted molar refractivity (Wildman–Crippen MR) is 63.0 cm³/mol. The van der Waals surface area contributed by atoms with Crippen molar-refractivity contribution < 1.29 is 0 Å². The van der Waals surface area contributed by atoms with Crippen molar-refractivity contribution in [3.8, 4) is 0 Å². The molecular weight excluding hydrogens is 206 g/mol. The van der Waals surface area contributed by atoms with Crippen molar-refractivity contribution in [2.45, 2.75) is 37.1 Å². The number of thioether (sulfide) groups is 1. The maximum Gasteiger partial charge on any atom is 0.0823 e. The molecule has 1 aromatic rings. The molecule has 1 saturated carbocycles. The van der Waals surface area contributed by atoms with E-state index in [-0.39, 0.29) is 5.54 Å². The van der Waals surface area contributed by atoms with E-state index in [0.29, 0.717) is 5.92 Å². The van der Waals surface area contributed by atoms with E-state index >= 15 is 0 Å². The number of hydrogen-bond acceptors (Lipinski definition) is 3. The third kappa shape index (κ3) is 1.81. The Hall–Kier alpha value is -0.480. The minimum absolute atomic E-state index is 0.0852. The van der Waals surface area contributed by atoms with Crippen LogP contribution in [0.3, 0.4) is 0 Å². The van der Waals surface area contributed by atoms with Crippen molar-refractivity contribution in [1.82, 2.24) is 10.2 Å². The van der Waals surface area contributed by atoms with Crippen molar-refractivity contribution in [2.75, 3.05) is 11.5 Å². The number of nitrogens with zero attached hydrogens (tertiary/aromatic N) is 1. The molecule has 3 N–H and O–H groups in total. The molecule has 0 radical (unpaired) electrons. The molecule has 0 spiro atoms. The summed E-state index contributed by atoms with van der Waals surface area (Å²) < 4.78 is 0. The molecule has 1 saturated heterocycles. The Morgan fingerprint density at radius 1 is 1.40 bits per heavy atom. The zero-order valence-electron chi connectivity index (χ0n) is 8.83. The highest BCUT2D eigenvalue weighted by Gasteiger charge is 2.42. The average molecular weight is 223 g/mol. The van der Waals surface area contributed by atoms with Crippen molar-refractivity contribution >= 4 is 11.8 Å². The molecule has 4 heteroatoms. The number of nitrogens with two attached hydrogens (primary N) is 1. The highest BCUT2D eigenvalue weighted by Crippen LogP contribution is 2.42. The predicted octanol–water partition coefficient (Wildman–Crippen LogP) is 1.97. The monoisotopic (exact) mass is 223 g/mol. The average Bonchev–Trinajstić information content (AvgIpc) is 2.85. The van der Waals surface area contributed by atoms with Crippen molar-refractivity contribution in [3.05, 3.63) is 17.5 Å². The minimum atomic E-state index is -0.0852. The molecule has 2 aliphatic rings. The van der Waals surface area contributed by atoms with Crippen LogP contribution in [-0.4, -0.2) is 21.7 Å². The summed E-state index contributed by atoms with van der Waals surface area (Å²) in [5.41, 5.74) is 8.43. The summed E-state index contributed by atoms with van der Waals surface area (Å²) in [5.74, 6) is 3.26. The van der Waals surface area contributed by atoms with Crippen LogP contribution in [0.2, 0.25) is 0 Å². The Kier molecular flexibility index (Phi) is 2.29. The van der Waals surface area contributed by atoms with Gasteiger partial charge in [-0.2, -0.15) is 16.9 Å². The third-order valence-corrected chi connectivity index (χ3v) is 4.61. The molecule has 2 heterocycles. The Morgan fingerprint density at radius 2 is 2.13 bits per heavy atom. The zero-order valence-corrected chi connectivity index (χ0v) is 9.65. The van der Waals surface area contributed by atoms with Gasteiger partial charge in [0.2, 0.25) is 0 Å². The fourth-order valence-corrected chi connectivity index (χ4v) is 3.31. The molecule has 82 valence electrons. The summed E-state index contributed by atoms with van der Waals surface area (Å²) in [7, 11) is 0. The van der Waals surface area contributed by atoms with Crippen LogP contribution < -0.4 is 5.73 Å². The second kappa shape index (κ2) is 3.52. The van der Waals surface area contributed by atoms with Crippen LogP contribution in [0.5, 0.6) is 0 Å². The van der Waals surface area contributed by atoms with E-state index in [1.165, 1.54) is 30.0 Å². The molecule has 3 nitrogen and oxygen atoms in total. The van der Waals surface area contributed by atoms with Gasteiger partial charge in [0.1, 0.15) is 0 Å². The first kappa shape index (κ1) is 9.73. The number of nitrogens with one attached hydrogen (secondary N) is 1. The molecule has 0 atom stereocenters. The zero-order chi connectivity index (χ0) is 10.3. The highest BCUT2D eigenvalue weighted by molar-refractivity contribution is 7.99. The van der Waals surface area contributed by atoms with Gasteiger partial charge in [0.05, 0.1) is 11.2 Å². The highest BCUT2D eigenvalue weighted by atomic mass is 32.2. The van der Waals surface area contributed by atoms with E-state index in [0.717, 1.165) is 18.5 Å². The molecule has 0 amide bonds. The number of aromatic amines is 1. The second-order valence-corrected chi connectivity index (χ2v) is 5.98. The van der Waals surface area contributed by atoms with Gasteiger partial charge in [-0.1, -0.05) is 0 Å². The van der Waals surface area contributed by atoms with Gasteiger partial charge in [0, 0.05) is 11.6 Å². The fourth-order valence-electron chi connectivity index (χ4n) is 2.20. The lowest BCUT2D eigenvalue weighted by Crippen LogP contribution is -2.19. The van der Waals surface area contributed by atoms with Crippen LogP contribution in [0.4, 0.5) is 0 Å². The van der Waals surface area contributed by atoms with Gasteiger partial charge in [0.15, 0.2) is 0 Å². The van der Waals surface area contributed by atoms with Crippen molar-refractivity contribution in [2.24, 2.45) is 5.73 Å². The normalized spacial score (nSPS) is 25.4. The summed E-state index contributed by atoms with van der Waals surface area (Å²) in [5, 5.41) is 7.55. The van der Waals surface area contributed by atoms with Crippen molar-refractivity contribution in [3.63, 3.8) is 0 Å². The van der Waals surface area contributed by atoms with Gasteiger partial charge in [-0.3, -0.25) is 5.10 Å². The van der Waals surface area contributed by atoms with E-state index in [9.17, 15) is 0 Å². The van der Waals surface area contributed by atoms with Gasteiger partial charge in [0.25, 0.3) is 0 Å². The number of hydrogen-bond donors (Lipinski definition) is 2. The molecule has 0 aromatic carbocycles. The van der Waals surface area contributed by atoms with Crippen LogP contribution in [0.25, 0.3) is 0 Å². The summed E-state index contributed by atoms with van der Waals surface area (Å²) in [6.45, 7) is 0. The molecule has 1 aliphatic heterocycles.